The molecule has 1 aromatic rings. The molecule has 2 rings (SSSR count). The van der Waals surface area contributed by atoms with E-state index in [1.54, 1.807) is 25.4 Å². The van der Waals surface area contributed by atoms with Gasteiger partial charge in [-0.2, -0.15) is 0 Å². The first-order valence-electron chi connectivity index (χ1n) is 8.94. The molecule has 1 saturated heterocycles. The number of piperidine rings is 1. The zero-order valence-electron chi connectivity index (χ0n) is 15.1. The molecule has 0 aliphatic carbocycles. The fourth-order valence-electron chi connectivity index (χ4n) is 3.05. The van der Waals surface area contributed by atoms with Crippen molar-refractivity contribution >= 4 is 17.9 Å². The summed E-state index contributed by atoms with van der Waals surface area (Å²) in [5.41, 5.74) is 1.19. The maximum Gasteiger partial charge on any atom is 0.252 e. The van der Waals surface area contributed by atoms with E-state index in [-0.39, 0.29) is 11.8 Å². The monoisotopic (exact) mass is 344 g/mol. The van der Waals surface area contributed by atoms with Gasteiger partial charge in [0.1, 0.15) is 0 Å². The average molecular weight is 344 g/mol. The molecule has 0 bridgehead atoms. The molecule has 1 aliphatic rings. The van der Waals surface area contributed by atoms with E-state index in [0.717, 1.165) is 24.4 Å². The largest absolute Gasteiger partial charge is 0.355 e. The van der Waals surface area contributed by atoms with Gasteiger partial charge < -0.3 is 15.5 Å². The lowest BCUT2D eigenvalue weighted by Gasteiger charge is -2.30. The molecule has 2 amide bonds. The van der Waals surface area contributed by atoms with E-state index in [1.807, 2.05) is 0 Å². The second kappa shape index (κ2) is 9.93. The van der Waals surface area contributed by atoms with Crippen molar-refractivity contribution in [2.45, 2.75) is 26.2 Å². The first-order valence-corrected chi connectivity index (χ1v) is 8.94. The lowest BCUT2D eigenvalue weighted by Crippen LogP contribution is -2.36. The van der Waals surface area contributed by atoms with Gasteiger partial charge in [-0.05, 0) is 56.0 Å². The normalized spacial score (nSPS) is 18.2. The first kappa shape index (κ1) is 19.1. The summed E-state index contributed by atoms with van der Waals surface area (Å²) in [7, 11) is 1.57. The second-order valence-corrected chi connectivity index (χ2v) is 6.61. The van der Waals surface area contributed by atoms with Crippen molar-refractivity contribution in [3.63, 3.8) is 0 Å². The number of hydrogen-bond acceptors (Lipinski definition) is 4. The number of carbonyl (C=O) groups excluding carboxylic acids is 2. The highest BCUT2D eigenvalue weighted by Gasteiger charge is 2.15. The Morgan fingerprint density at radius 3 is 3.00 bits per heavy atom. The van der Waals surface area contributed by atoms with E-state index in [2.05, 4.69) is 27.4 Å². The summed E-state index contributed by atoms with van der Waals surface area (Å²) in [5.74, 6) is 0.460. The highest BCUT2D eigenvalue weighted by atomic mass is 16.2. The Bertz CT molecular complexity index is 615. The fourth-order valence-corrected chi connectivity index (χ4v) is 3.05. The highest BCUT2D eigenvalue weighted by Crippen LogP contribution is 2.15. The molecular weight excluding hydrogens is 316 g/mol. The maximum absolute atomic E-state index is 11.9. The third-order valence-electron chi connectivity index (χ3n) is 4.37. The highest BCUT2D eigenvalue weighted by molar-refractivity contribution is 5.95. The topological polar surface area (TPSA) is 74.3 Å². The molecule has 1 fully saturated rings. The number of carbonyl (C=O) groups is 2. The molecule has 1 aromatic heterocycles. The van der Waals surface area contributed by atoms with Crippen LogP contribution in [0, 0.1) is 5.92 Å². The second-order valence-electron chi connectivity index (χ2n) is 6.61. The number of rotatable bonds is 7. The summed E-state index contributed by atoms with van der Waals surface area (Å²) in [6.07, 6.45) is 9.83. The zero-order chi connectivity index (χ0) is 18.1. The standard InChI is InChI=1S/C19H28N4O2/c1-15-5-3-9-23(14-15)10-4-8-22-18(24)7-6-16-11-17(13-21-12-16)19(25)20-2/h6-7,11-13,15H,3-5,8-10,14H2,1-2H3,(H,20,25)(H,22,24)/b7-6-/t15-/m1/s1. The lowest BCUT2D eigenvalue weighted by atomic mass is 10.0. The van der Waals surface area contributed by atoms with Crippen LogP contribution in [0.15, 0.2) is 24.5 Å². The SMILES string of the molecule is CNC(=O)c1cncc(/C=C\C(=O)NCCCN2CCC[C@@H](C)C2)c1. The molecule has 0 radical (unpaired) electrons. The molecule has 1 atom stereocenters. The van der Waals surface area contributed by atoms with Gasteiger partial charge in [-0.15, -0.1) is 0 Å². The van der Waals surface area contributed by atoms with Crippen LogP contribution >= 0.6 is 0 Å². The molecule has 0 spiro atoms. The quantitative estimate of drug-likeness (QED) is 0.583. The number of nitrogens with zero attached hydrogens (tertiary/aromatic N) is 2. The predicted octanol–water partition coefficient (Wildman–Crippen LogP) is 1.69. The van der Waals surface area contributed by atoms with Crippen LogP contribution in [0.3, 0.4) is 0 Å². The van der Waals surface area contributed by atoms with E-state index in [4.69, 9.17) is 0 Å². The molecular formula is C19H28N4O2. The third kappa shape index (κ3) is 6.66. The van der Waals surface area contributed by atoms with Gasteiger partial charge in [0.25, 0.3) is 5.91 Å². The first-order chi connectivity index (χ1) is 12.1. The van der Waals surface area contributed by atoms with Crippen molar-refractivity contribution in [1.29, 1.82) is 0 Å². The fraction of sp³-hybridized carbons (Fsp3) is 0.526. The van der Waals surface area contributed by atoms with Crippen LogP contribution in [0.4, 0.5) is 0 Å². The minimum atomic E-state index is -0.195. The minimum Gasteiger partial charge on any atom is -0.355 e. The molecule has 136 valence electrons. The minimum absolute atomic E-state index is 0.127. The Morgan fingerprint density at radius 1 is 1.40 bits per heavy atom. The van der Waals surface area contributed by atoms with Gasteiger partial charge in [-0.25, -0.2) is 0 Å². The van der Waals surface area contributed by atoms with Crippen molar-refractivity contribution in [2.24, 2.45) is 5.92 Å². The van der Waals surface area contributed by atoms with Gasteiger partial charge in [0.2, 0.25) is 5.91 Å². The van der Waals surface area contributed by atoms with Crippen LogP contribution in [0.1, 0.15) is 42.1 Å². The number of amides is 2. The summed E-state index contributed by atoms with van der Waals surface area (Å²) in [6, 6.07) is 1.70. The molecule has 0 unspecified atom stereocenters. The molecule has 6 nitrogen and oxygen atoms in total. The lowest BCUT2D eigenvalue weighted by molar-refractivity contribution is -0.116. The Labute approximate surface area is 149 Å². The molecule has 2 N–H and O–H groups in total. The number of likely N-dealkylation sites (tertiary alicyclic amines) is 1. The molecule has 25 heavy (non-hydrogen) atoms. The molecule has 6 heteroatoms. The Balaban J connectivity index is 1.71. The Kier molecular flexibility index (Phi) is 7.60. The summed E-state index contributed by atoms with van der Waals surface area (Å²) in [6.45, 7) is 6.35. The Hall–Kier alpha value is -2.21. The third-order valence-corrected chi connectivity index (χ3v) is 4.37. The summed E-state index contributed by atoms with van der Waals surface area (Å²) in [4.78, 5) is 29.9. The van der Waals surface area contributed by atoms with Crippen LogP contribution in [-0.4, -0.2) is 54.9 Å². The molecule has 0 aromatic carbocycles. The average Bonchev–Trinajstić information content (AvgIpc) is 2.63. The van der Waals surface area contributed by atoms with Crippen LogP contribution < -0.4 is 10.6 Å². The van der Waals surface area contributed by atoms with Crippen LogP contribution in [0.2, 0.25) is 0 Å². The Morgan fingerprint density at radius 2 is 2.24 bits per heavy atom. The van der Waals surface area contributed by atoms with Gasteiger partial charge in [0, 0.05) is 38.6 Å². The summed E-state index contributed by atoms with van der Waals surface area (Å²) >= 11 is 0. The van der Waals surface area contributed by atoms with Gasteiger partial charge in [-0.3, -0.25) is 14.6 Å². The smallest absolute Gasteiger partial charge is 0.252 e. The maximum atomic E-state index is 11.9. The van der Waals surface area contributed by atoms with Gasteiger partial charge >= 0.3 is 0 Å². The van der Waals surface area contributed by atoms with Crippen LogP contribution in [0.5, 0.6) is 0 Å². The van der Waals surface area contributed by atoms with E-state index in [1.165, 1.54) is 38.2 Å². The van der Waals surface area contributed by atoms with Gasteiger partial charge in [0.05, 0.1) is 5.56 Å². The van der Waals surface area contributed by atoms with Gasteiger partial charge in [-0.1, -0.05) is 6.92 Å². The molecule has 1 aliphatic heterocycles. The van der Waals surface area contributed by atoms with Crippen molar-refractivity contribution in [1.82, 2.24) is 20.5 Å². The number of nitrogens with one attached hydrogen (secondary N) is 2. The van der Waals surface area contributed by atoms with Crippen LogP contribution in [0.25, 0.3) is 6.08 Å². The number of hydrogen-bond donors (Lipinski definition) is 2. The zero-order valence-corrected chi connectivity index (χ0v) is 15.1. The summed E-state index contributed by atoms with van der Waals surface area (Å²) in [5, 5.41) is 5.45. The van der Waals surface area contributed by atoms with E-state index >= 15 is 0 Å². The molecule has 0 saturated carbocycles. The predicted molar refractivity (Wildman–Crippen MR) is 99.1 cm³/mol. The van der Waals surface area contributed by atoms with E-state index in [0.29, 0.717) is 12.1 Å². The van der Waals surface area contributed by atoms with Crippen molar-refractivity contribution in [2.75, 3.05) is 33.2 Å². The van der Waals surface area contributed by atoms with Crippen molar-refractivity contribution in [3.8, 4) is 0 Å². The number of pyridine rings is 1. The van der Waals surface area contributed by atoms with Crippen molar-refractivity contribution < 1.29 is 9.59 Å². The number of aromatic nitrogens is 1. The van der Waals surface area contributed by atoms with Crippen LogP contribution in [-0.2, 0) is 4.79 Å². The van der Waals surface area contributed by atoms with E-state index < -0.39 is 0 Å². The van der Waals surface area contributed by atoms with Gasteiger partial charge in [0.15, 0.2) is 0 Å². The molecule has 2 heterocycles. The van der Waals surface area contributed by atoms with E-state index in [9.17, 15) is 9.59 Å². The van der Waals surface area contributed by atoms with Crippen molar-refractivity contribution in [3.05, 3.63) is 35.7 Å². The summed E-state index contributed by atoms with van der Waals surface area (Å²) < 4.78 is 0.